The molecule has 162 valence electrons. The summed E-state index contributed by atoms with van der Waals surface area (Å²) >= 11 is 0. The van der Waals surface area contributed by atoms with E-state index in [0.29, 0.717) is 17.9 Å². The van der Waals surface area contributed by atoms with E-state index in [1.54, 1.807) is 32.8 Å². The predicted molar refractivity (Wildman–Crippen MR) is 124 cm³/mol. The normalized spacial score (nSPS) is 11.4. The highest BCUT2D eigenvalue weighted by atomic mass is 16.5. The summed E-state index contributed by atoms with van der Waals surface area (Å²) in [4.78, 5) is 16.7. The predicted octanol–water partition coefficient (Wildman–Crippen LogP) is 5.23. The molecule has 32 heavy (non-hydrogen) atoms. The topological polar surface area (TPSA) is 73.6 Å². The maximum Gasteiger partial charge on any atom is 0.244 e. The maximum atomic E-state index is 12.5. The molecule has 0 saturated carbocycles. The molecule has 0 aliphatic heterocycles. The molecule has 2 aromatic carbocycles. The van der Waals surface area contributed by atoms with E-state index in [9.17, 15) is 4.79 Å². The van der Waals surface area contributed by atoms with E-state index in [2.05, 4.69) is 10.3 Å². The van der Waals surface area contributed by atoms with Crippen LogP contribution in [0.5, 0.6) is 11.5 Å². The van der Waals surface area contributed by atoms with Gasteiger partial charge in [0, 0.05) is 34.9 Å². The fourth-order valence-corrected chi connectivity index (χ4v) is 3.55. The number of furan rings is 1. The molecule has 0 saturated heterocycles. The molecule has 6 nitrogen and oxygen atoms in total. The zero-order valence-corrected chi connectivity index (χ0v) is 18.2. The van der Waals surface area contributed by atoms with Crippen LogP contribution < -0.4 is 14.8 Å². The Morgan fingerprint density at radius 1 is 1.09 bits per heavy atom. The van der Waals surface area contributed by atoms with Crippen molar-refractivity contribution in [2.75, 3.05) is 14.2 Å². The van der Waals surface area contributed by atoms with Crippen molar-refractivity contribution >= 4 is 22.4 Å². The molecule has 0 radical (unpaired) electrons. The van der Waals surface area contributed by atoms with Gasteiger partial charge in [-0.3, -0.25) is 9.78 Å². The van der Waals surface area contributed by atoms with Crippen LogP contribution in [-0.4, -0.2) is 25.1 Å². The summed E-state index contributed by atoms with van der Waals surface area (Å²) in [6.45, 7) is 2.25. The molecule has 4 rings (SSSR count). The van der Waals surface area contributed by atoms with Gasteiger partial charge in [-0.15, -0.1) is 0 Å². The SMILES string of the molecule is COc1cccc(-c2coc3cc(OC)c(/C(C)=C/C(=O)NCc4ccccn4)cc23)c1. The van der Waals surface area contributed by atoms with Gasteiger partial charge in [-0.2, -0.15) is 0 Å². The maximum absolute atomic E-state index is 12.5. The van der Waals surface area contributed by atoms with Gasteiger partial charge >= 0.3 is 0 Å². The van der Waals surface area contributed by atoms with Crippen LogP contribution in [0, 0.1) is 0 Å². The minimum absolute atomic E-state index is 0.199. The highest BCUT2D eigenvalue weighted by molar-refractivity contribution is 6.00. The lowest BCUT2D eigenvalue weighted by molar-refractivity contribution is -0.116. The number of hydrogen-bond donors (Lipinski definition) is 1. The van der Waals surface area contributed by atoms with Gasteiger partial charge in [-0.25, -0.2) is 0 Å². The Morgan fingerprint density at radius 3 is 2.72 bits per heavy atom. The van der Waals surface area contributed by atoms with E-state index in [0.717, 1.165) is 39.1 Å². The molecule has 4 aromatic rings. The minimum atomic E-state index is -0.199. The zero-order chi connectivity index (χ0) is 22.5. The molecule has 0 unspecified atom stereocenters. The first-order valence-corrected chi connectivity index (χ1v) is 10.2. The number of pyridine rings is 1. The number of ether oxygens (including phenoxy) is 2. The van der Waals surface area contributed by atoms with Crippen LogP contribution >= 0.6 is 0 Å². The van der Waals surface area contributed by atoms with E-state index >= 15 is 0 Å². The van der Waals surface area contributed by atoms with Crippen molar-refractivity contribution in [3.63, 3.8) is 0 Å². The number of nitrogens with zero attached hydrogens (tertiary/aromatic N) is 1. The van der Waals surface area contributed by atoms with Gasteiger partial charge in [0.25, 0.3) is 0 Å². The zero-order valence-electron chi connectivity index (χ0n) is 18.2. The average Bonchev–Trinajstić information content (AvgIpc) is 3.25. The fourth-order valence-electron chi connectivity index (χ4n) is 3.55. The third-order valence-electron chi connectivity index (χ3n) is 5.22. The van der Waals surface area contributed by atoms with Crippen molar-refractivity contribution in [3.8, 4) is 22.6 Å². The van der Waals surface area contributed by atoms with E-state index < -0.39 is 0 Å². The van der Waals surface area contributed by atoms with Gasteiger partial charge in [0.1, 0.15) is 17.1 Å². The van der Waals surface area contributed by atoms with Crippen molar-refractivity contribution in [3.05, 3.63) is 84.4 Å². The van der Waals surface area contributed by atoms with Crippen LogP contribution in [-0.2, 0) is 11.3 Å². The number of amides is 1. The first kappa shape index (κ1) is 21.2. The highest BCUT2D eigenvalue weighted by Gasteiger charge is 2.15. The Morgan fingerprint density at radius 2 is 1.97 bits per heavy atom. The van der Waals surface area contributed by atoms with E-state index in [-0.39, 0.29) is 5.91 Å². The first-order chi connectivity index (χ1) is 15.6. The van der Waals surface area contributed by atoms with Crippen molar-refractivity contribution in [2.24, 2.45) is 0 Å². The molecule has 1 amide bonds. The first-order valence-electron chi connectivity index (χ1n) is 10.2. The summed E-state index contributed by atoms with van der Waals surface area (Å²) in [5.74, 6) is 1.21. The smallest absolute Gasteiger partial charge is 0.244 e. The van der Waals surface area contributed by atoms with Crippen LogP contribution in [0.25, 0.3) is 27.7 Å². The van der Waals surface area contributed by atoms with E-state index in [1.165, 1.54) is 0 Å². The van der Waals surface area contributed by atoms with Crippen LogP contribution in [0.3, 0.4) is 0 Å². The second-order valence-corrected chi connectivity index (χ2v) is 7.30. The molecule has 0 aliphatic rings. The molecule has 0 aliphatic carbocycles. The molecule has 0 bridgehead atoms. The Hall–Kier alpha value is -4.06. The summed E-state index contributed by atoms with van der Waals surface area (Å²) in [6, 6.07) is 17.2. The molecule has 0 fully saturated rings. The number of rotatable bonds is 7. The van der Waals surface area contributed by atoms with Crippen LogP contribution in [0.2, 0.25) is 0 Å². The van der Waals surface area contributed by atoms with Crippen molar-refractivity contribution in [1.82, 2.24) is 10.3 Å². The summed E-state index contributed by atoms with van der Waals surface area (Å²) in [6.07, 6.45) is 4.99. The summed E-state index contributed by atoms with van der Waals surface area (Å²) in [5, 5.41) is 3.79. The second-order valence-electron chi connectivity index (χ2n) is 7.30. The lowest BCUT2D eigenvalue weighted by atomic mass is 9.99. The monoisotopic (exact) mass is 428 g/mol. The van der Waals surface area contributed by atoms with Gasteiger partial charge < -0.3 is 19.2 Å². The summed E-state index contributed by atoms with van der Waals surface area (Å²) in [7, 11) is 3.24. The Labute approximate surface area is 186 Å². The molecule has 2 heterocycles. The minimum Gasteiger partial charge on any atom is -0.497 e. The third-order valence-corrected chi connectivity index (χ3v) is 5.22. The lowest BCUT2D eigenvalue weighted by Crippen LogP contribution is -2.21. The molecule has 0 atom stereocenters. The standard InChI is InChI=1S/C26H24N2O4/c1-17(11-26(29)28-15-19-8-4-5-10-27-19)21-13-22-23(16-32-25(22)14-24(21)31-3)18-7-6-9-20(12-18)30-2/h4-14,16H,15H2,1-3H3,(H,28,29)/b17-11+. The number of allylic oxidation sites excluding steroid dienone is 1. The van der Waals surface area contributed by atoms with Gasteiger partial charge in [-0.05, 0) is 48.4 Å². The van der Waals surface area contributed by atoms with E-state index in [4.69, 9.17) is 13.9 Å². The number of methoxy groups -OCH3 is 2. The molecule has 0 spiro atoms. The number of aromatic nitrogens is 1. The number of nitrogens with one attached hydrogen (secondary N) is 1. The second kappa shape index (κ2) is 9.39. The van der Waals surface area contributed by atoms with Crippen LogP contribution in [0.15, 0.2) is 77.6 Å². The molecule has 1 N–H and O–H groups in total. The molecule has 6 heteroatoms. The van der Waals surface area contributed by atoms with Crippen LogP contribution in [0.4, 0.5) is 0 Å². The number of benzene rings is 2. The van der Waals surface area contributed by atoms with E-state index in [1.807, 2.05) is 61.5 Å². The molecule has 2 aromatic heterocycles. The van der Waals surface area contributed by atoms with Gasteiger partial charge in [0.05, 0.1) is 32.7 Å². The average molecular weight is 428 g/mol. The van der Waals surface area contributed by atoms with Gasteiger partial charge in [0.2, 0.25) is 5.91 Å². The van der Waals surface area contributed by atoms with Gasteiger partial charge in [-0.1, -0.05) is 18.2 Å². The Kier molecular flexibility index (Phi) is 6.22. The number of hydrogen-bond acceptors (Lipinski definition) is 5. The number of carbonyl (C=O) groups excluding carboxylic acids is 1. The number of carbonyl (C=O) groups is 1. The highest BCUT2D eigenvalue weighted by Crippen LogP contribution is 2.38. The third kappa shape index (κ3) is 4.49. The van der Waals surface area contributed by atoms with Crippen LogP contribution in [0.1, 0.15) is 18.2 Å². The Balaban J connectivity index is 1.66. The number of fused-ring (bicyclic) bond motifs is 1. The Bertz CT molecular complexity index is 1280. The summed E-state index contributed by atoms with van der Waals surface area (Å²) < 4.78 is 16.7. The van der Waals surface area contributed by atoms with Crippen molar-refractivity contribution < 1.29 is 18.7 Å². The quantitative estimate of drug-likeness (QED) is 0.408. The largest absolute Gasteiger partial charge is 0.497 e. The van der Waals surface area contributed by atoms with Gasteiger partial charge in [0.15, 0.2) is 0 Å². The lowest BCUT2D eigenvalue weighted by Gasteiger charge is -2.10. The van der Waals surface area contributed by atoms with Crippen molar-refractivity contribution in [2.45, 2.75) is 13.5 Å². The summed E-state index contributed by atoms with van der Waals surface area (Å²) in [5.41, 5.74) is 5.02. The fraction of sp³-hybridized carbons (Fsp3) is 0.154. The molecular formula is C26H24N2O4. The molecular weight excluding hydrogens is 404 g/mol. The van der Waals surface area contributed by atoms with Crippen molar-refractivity contribution in [1.29, 1.82) is 0 Å².